The Balaban J connectivity index is 4.01. The van der Waals surface area contributed by atoms with Crippen LogP contribution in [0, 0.1) is 0 Å². The van der Waals surface area contributed by atoms with Gasteiger partial charge in [-0.05, 0) is 13.3 Å². The molecule has 0 bridgehead atoms. The predicted molar refractivity (Wildman–Crippen MR) is 42.6 cm³/mol. The van der Waals surface area contributed by atoms with Crippen LogP contribution in [0.25, 0.3) is 0 Å². The third-order valence-corrected chi connectivity index (χ3v) is 1.54. The Morgan fingerprint density at radius 1 is 1.33 bits per heavy atom. The van der Waals surface area contributed by atoms with Gasteiger partial charge in [0.25, 0.3) is 0 Å². The van der Waals surface area contributed by atoms with Gasteiger partial charge in [0.2, 0.25) is 0 Å². The van der Waals surface area contributed by atoms with Gasteiger partial charge in [0, 0.05) is 0 Å². The highest BCUT2D eigenvalue weighted by molar-refractivity contribution is 6.00. The lowest BCUT2D eigenvalue weighted by Gasteiger charge is -2.13. The zero-order valence-electron chi connectivity index (χ0n) is 7.28. The molecule has 4 nitrogen and oxygen atoms in total. The fourth-order valence-corrected chi connectivity index (χ4v) is 0.788. The lowest BCUT2D eigenvalue weighted by Crippen LogP contribution is -2.34. The van der Waals surface area contributed by atoms with Crippen molar-refractivity contribution in [1.82, 2.24) is 0 Å². The summed E-state index contributed by atoms with van der Waals surface area (Å²) in [5.74, 6) is -0.917. The van der Waals surface area contributed by atoms with Crippen LogP contribution in [-0.2, 0) is 9.59 Å². The number of carbonyl (C=O) groups excluding carboxylic acids is 2. The average molecular weight is 174 g/mol. The Morgan fingerprint density at radius 3 is 2.17 bits per heavy atom. The Hall–Kier alpha value is -0.740. The second-order valence-corrected chi connectivity index (χ2v) is 2.77. The number of ketones is 2. The van der Waals surface area contributed by atoms with Crippen molar-refractivity contribution in [3.05, 3.63) is 0 Å². The summed E-state index contributed by atoms with van der Waals surface area (Å²) in [6.45, 7) is 2.91. The van der Waals surface area contributed by atoms with Gasteiger partial charge in [0.05, 0.1) is 12.5 Å². The van der Waals surface area contributed by atoms with E-state index in [0.29, 0.717) is 6.42 Å². The highest BCUT2D eigenvalue weighted by atomic mass is 16.3. The molecule has 0 spiro atoms. The summed E-state index contributed by atoms with van der Waals surface area (Å²) in [5.41, 5.74) is 0. The zero-order valence-corrected chi connectivity index (χ0v) is 7.28. The van der Waals surface area contributed by atoms with Crippen LogP contribution in [0.2, 0.25) is 0 Å². The van der Waals surface area contributed by atoms with Gasteiger partial charge in [-0.15, -0.1) is 0 Å². The minimum atomic E-state index is -1.42. The van der Waals surface area contributed by atoms with E-state index in [1.54, 1.807) is 6.92 Å². The van der Waals surface area contributed by atoms with Crippen molar-refractivity contribution >= 4 is 11.6 Å². The predicted octanol–water partition coefficient (Wildman–Crippen LogP) is -0.334. The maximum atomic E-state index is 10.9. The molecule has 2 atom stereocenters. The Morgan fingerprint density at radius 2 is 1.83 bits per heavy atom. The van der Waals surface area contributed by atoms with E-state index in [4.69, 9.17) is 10.2 Å². The first-order valence-electron chi connectivity index (χ1n) is 3.87. The quantitative estimate of drug-likeness (QED) is 0.559. The van der Waals surface area contributed by atoms with Crippen molar-refractivity contribution in [3.8, 4) is 0 Å². The summed E-state index contributed by atoms with van der Waals surface area (Å²) in [6.07, 6.45) is -2.49. The molecule has 0 aromatic carbocycles. The number of rotatable bonds is 5. The smallest absolute Gasteiger partial charge is 0.171 e. The SMILES string of the molecule is CCC(O)C(O)C(=O)CC(C)=O. The van der Waals surface area contributed by atoms with Crippen molar-refractivity contribution in [1.29, 1.82) is 0 Å². The van der Waals surface area contributed by atoms with Crippen LogP contribution in [0.3, 0.4) is 0 Å². The lowest BCUT2D eigenvalue weighted by molar-refractivity contribution is -0.136. The van der Waals surface area contributed by atoms with Gasteiger partial charge in [-0.25, -0.2) is 0 Å². The average Bonchev–Trinajstić information content (AvgIpc) is 2.00. The molecular formula is C8H14O4. The third kappa shape index (κ3) is 3.59. The van der Waals surface area contributed by atoms with Crippen LogP contribution < -0.4 is 0 Å². The molecule has 0 fully saturated rings. The van der Waals surface area contributed by atoms with Gasteiger partial charge in [-0.2, -0.15) is 0 Å². The summed E-state index contributed by atoms with van der Waals surface area (Å²) < 4.78 is 0. The minimum Gasteiger partial charge on any atom is -0.390 e. The van der Waals surface area contributed by atoms with E-state index < -0.39 is 18.0 Å². The molecule has 2 N–H and O–H groups in total. The Bertz CT molecular complexity index is 176. The number of carbonyl (C=O) groups is 2. The lowest BCUT2D eigenvalue weighted by atomic mass is 10.0. The summed E-state index contributed by atoms with van der Waals surface area (Å²) in [6, 6.07) is 0. The van der Waals surface area contributed by atoms with Gasteiger partial charge in [-0.1, -0.05) is 6.92 Å². The van der Waals surface area contributed by atoms with Gasteiger partial charge in [-0.3, -0.25) is 9.59 Å². The molecule has 0 radical (unpaired) electrons. The molecule has 0 aliphatic heterocycles. The summed E-state index contributed by atoms with van der Waals surface area (Å²) in [7, 11) is 0. The molecule has 0 aliphatic rings. The van der Waals surface area contributed by atoms with E-state index in [9.17, 15) is 9.59 Å². The number of aliphatic hydroxyl groups excluding tert-OH is 2. The minimum absolute atomic E-state index is 0.296. The van der Waals surface area contributed by atoms with Crippen molar-refractivity contribution in [2.24, 2.45) is 0 Å². The first kappa shape index (κ1) is 11.3. The van der Waals surface area contributed by atoms with E-state index in [2.05, 4.69) is 0 Å². The number of Topliss-reactive ketones (excluding diaryl/α,β-unsaturated/α-hetero) is 2. The largest absolute Gasteiger partial charge is 0.390 e. The van der Waals surface area contributed by atoms with Crippen molar-refractivity contribution in [2.45, 2.75) is 38.9 Å². The summed E-state index contributed by atoms with van der Waals surface area (Å²) >= 11 is 0. The maximum Gasteiger partial charge on any atom is 0.171 e. The molecule has 2 unspecified atom stereocenters. The van der Waals surface area contributed by atoms with Crippen LogP contribution in [0.15, 0.2) is 0 Å². The summed E-state index contributed by atoms with van der Waals surface area (Å²) in [4.78, 5) is 21.4. The van der Waals surface area contributed by atoms with E-state index in [0.717, 1.165) is 0 Å². The molecule has 4 heteroatoms. The Labute approximate surface area is 71.2 Å². The molecule has 0 saturated heterocycles. The second kappa shape index (κ2) is 5.00. The van der Waals surface area contributed by atoms with E-state index in [1.165, 1.54) is 6.92 Å². The summed E-state index contributed by atoms with van der Waals surface area (Å²) in [5, 5.41) is 18.1. The molecule has 0 aliphatic carbocycles. The van der Waals surface area contributed by atoms with Gasteiger partial charge in [0.1, 0.15) is 11.9 Å². The highest BCUT2D eigenvalue weighted by Gasteiger charge is 2.22. The molecule has 12 heavy (non-hydrogen) atoms. The second-order valence-electron chi connectivity index (χ2n) is 2.77. The standard InChI is InChI=1S/C8H14O4/c1-3-6(10)8(12)7(11)4-5(2)9/h6,8,10,12H,3-4H2,1-2H3. The van der Waals surface area contributed by atoms with E-state index in [-0.39, 0.29) is 12.2 Å². The molecule has 0 saturated carbocycles. The first-order valence-corrected chi connectivity index (χ1v) is 3.87. The number of hydrogen-bond donors (Lipinski definition) is 2. The maximum absolute atomic E-state index is 10.9. The highest BCUT2D eigenvalue weighted by Crippen LogP contribution is 2.02. The zero-order chi connectivity index (χ0) is 9.72. The van der Waals surface area contributed by atoms with Crippen LogP contribution in [0.5, 0.6) is 0 Å². The van der Waals surface area contributed by atoms with Crippen LogP contribution in [0.4, 0.5) is 0 Å². The molecule has 0 amide bonds. The van der Waals surface area contributed by atoms with Crippen LogP contribution >= 0.6 is 0 Å². The fraction of sp³-hybridized carbons (Fsp3) is 0.750. The normalized spacial score (nSPS) is 15.3. The van der Waals surface area contributed by atoms with Gasteiger partial charge >= 0.3 is 0 Å². The molecule has 0 aromatic rings. The number of hydrogen-bond acceptors (Lipinski definition) is 4. The molecule has 0 rings (SSSR count). The van der Waals surface area contributed by atoms with Crippen LogP contribution in [0.1, 0.15) is 26.7 Å². The van der Waals surface area contributed by atoms with Crippen molar-refractivity contribution in [3.63, 3.8) is 0 Å². The van der Waals surface area contributed by atoms with Gasteiger partial charge < -0.3 is 10.2 Å². The van der Waals surface area contributed by atoms with Crippen molar-refractivity contribution in [2.75, 3.05) is 0 Å². The first-order chi connectivity index (χ1) is 5.49. The molecule has 0 aromatic heterocycles. The van der Waals surface area contributed by atoms with Gasteiger partial charge in [0.15, 0.2) is 5.78 Å². The third-order valence-electron chi connectivity index (χ3n) is 1.54. The molecule has 0 heterocycles. The van der Waals surface area contributed by atoms with Crippen molar-refractivity contribution < 1.29 is 19.8 Å². The van der Waals surface area contributed by atoms with E-state index in [1.807, 2.05) is 0 Å². The topological polar surface area (TPSA) is 74.6 Å². The van der Waals surface area contributed by atoms with E-state index >= 15 is 0 Å². The molecular weight excluding hydrogens is 160 g/mol. The molecule has 70 valence electrons. The van der Waals surface area contributed by atoms with Crippen LogP contribution in [-0.4, -0.2) is 34.0 Å². The monoisotopic (exact) mass is 174 g/mol. The Kier molecular flexibility index (Phi) is 4.70. The fourth-order valence-electron chi connectivity index (χ4n) is 0.788. The number of aliphatic hydroxyl groups is 2.